The van der Waals surface area contributed by atoms with Crippen molar-refractivity contribution in [2.75, 3.05) is 20.4 Å². The van der Waals surface area contributed by atoms with E-state index in [-0.39, 0.29) is 6.04 Å². The summed E-state index contributed by atoms with van der Waals surface area (Å²) >= 11 is 1.76. The van der Waals surface area contributed by atoms with E-state index in [4.69, 9.17) is 5.73 Å². The van der Waals surface area contributed by atoms with Crippen molar-refractivity contribution in [2.45, 2.75) is 24.3 Å². The first-order valence-electron chi connectivity index (χ1n) is 5.66. The first-order valence-corrected chi connectivity index (χ1v) is 6.89. The lowest BCUT2D eigenvalue weighted by Gasteiger charge is -2.14. The summed E-state index contributed by atoms with van der Waals surface area (Å²) in [6.07, 6.45) is 3.00. The van der Waals surface area contributed by atoms with Crippen LogP contribution < -0.4 is 5.73 Å². The number of nitrogens with two attached hydrogens (primary N) is 1. The number of benzene rings is 1. The molecule has 94 valence electrons. The minimum Gasteiger partial charge on any atom is -0.370 e. The summed E-state index contributed by atoms with van der Waals surface area (Å²) in [4.78, 5) is 7.55. The van der Waals surface area contributed by atoms with E-state index in [1.807, 2.05) is 19.0 Å². The van der Waals surface area contributed by atoms with Gasteiger partial charge in [-0.2, -0.15) is 0 Å². The molecule has 1 aromatic rings. The Morgan fingerprint density at radius 1 is 1.35 bits per heavy atom. The van der Waals surface area contributed by atoms with E-state index in [2.05, 4.69) is 42.4 Å². The summed E-state index contributed by atoms with van der Waals surface area (Å²) in [5.41, 5.74) is 7.09. The standard InChI is InChI=1S/C13H21N3S/c1-10(15-13(14)16(2)3)9-11-5-7-12(17-4)8-6-11/h5-8,10H,9H2,1-4H3,(H2,14,15). The SMILES string of the molecule is CSc1ccc(CC(C)N=C(N)N(C)C)cc1. The first kappa shape index (κ1) is 13.9. The number of nitrogens with zero attached hydrogens (tertiary/aromatic N) is 2. The molecule has 0 bridgehead atoms. The van der Waals surface area contributed by atoms with Crippen LogP contribution in [0.4, 0.5) is 0 Å². The van der Waals surface area contributed by atoms with Gasteiger partial charge in [0.25, 0.3) is 0 Å². The molecule has 1 atom stereocenters. The molecule has 0 radical (unpaired) electrons. The van der Waals surface area contributed by atoms with E-state index in [0.717, 1.165) is 6.42 Å². The van der Waals surface area contributed by atoms with Gasteiger partial charge in [0.05, 0.1) is 6.04 Å². The van der Waals surface area contributed by atoms with Crippen LogP contribution in [0.15, 0.2) is 34.2 Å². The number of thioether (sulfide) groups is 1. The van der Waals surface area contributed by atoms with Gasteiger partial charge in [-0.1, -0.05) is 12.1 Å². The second kappa shape index (κ2) is 6.55. The van der Waals surface area contributed by atoms with Gasteiger partial charge in [0.15, 0.2) is 5.96 Å². The molecule has 0 fully saturated rings. The second-order valence-corrected chi connectivity index (χ2v) is 5.16. The summed E-state index contributed by atoms with van der Waals surface area (Å²) in [7, 11) is 3.80. The van der Waals surface area contributed by atoms with Crippen molar-refractivity contribution in [1.82, 2.24) is 4.90 Å². The number of rotatable bonds is 4. The summed E-state index contributed by atoms with van der Waals surface area (Å²) < 4.78 is 0. The van der Waals surface area contributed by atoms with E-state index < -0.39 is 0 Å². The molecule has 1 unspecified atom stereocenters. The van der Waals surface area contributed by atoms with Gasteiger partial charge >= 0.3 is 0 Å². The molecule has 0 aliphatic heterocycles. The zero-order valence-electron chi connectivity index (χ0n) is 11.0. The lowest BCUT2D eigenvalue weighted by atomic mass is 10.1. The molecular weight excluding hydrogens is 230 g/mol. The van der Waals surface area contributed by atoms with Crippen molar-refractivity contribution < 1.29 is 0 Å². The molecule has 1 rings (SSSR count). The maximum Gasteiger partial charge on any atom is 0.190 e. The summed E-state index contributed by atoms with van der Waals surface area (Å²) in [5, 5.41) is 0. The minimum absolute atomic E-state index is 0.206. The zero-order chi connectivity index (χ0) is 12.8. The van der Waals surface area contributed by atoms with Crippen LogP contribution in [0.5, 0.6) is 0 Å². The van der Waals surface area contributed by atoms with E-state index in [1.165, 1.54) is 10.5 Å². The van der Waals surface area contributed by atoms with E-state index in [1.54, 1.807) is 11.8 Å². The lowest BCUT2D eigenvalue weighted by molar-refractivity contribution is 0.596. The van der Waals surface area contributed by atoms with Gasteiger partial charge in [0.1, 0.15) is 0 Å². The van der Waals surface area contributed by atoms with Crippen molar-refractivity contribution >= 4 is 17.7 Å². The second-order valence-electron chi connectivity index (χ2n) is 4.28. The summed E-state index contributed by atoms with van der Waals surface area (Å²) in [6, 6.07) is 8.81. The van der Waals surface area contributed by atoms with Crippen molar-refractivity contribution in [3.63, 3.8) is 0 Å². The minimum atomic E-state index is 0.206. The number of guanidine groups is 1. The van der Waals surface area contributed by atoms with Gasteiger partial charge in [-0.25, -0.2) is 4.99 Å². The monoisotopic (exact) mass is 251 g/mol. The zero-order valence-corrected chi connectivity index (χ0v) is 11.8. The smallest absolute Gasteiger partial charge is 0.190 e. The number of hydrogen-bond acceptors (Lipinski definition) is 2. The third-order valence-electron chi connectivity index (χ3n) is 2.50. The van der Waals surface area contributed by atoms with Crippen LogP contribution in [-0.4, -0.2) is 37.3 Å². The number of hydrogen-bond donors (Lipinski definition) is 1. The highest BCUT2D eigenvalue weighted by molar-refractivity contribution is 7.98. The Labute approximate surface area is 108 Å². The van der Waals surface area contributed by atoms with Gasteiger partial charge in [-0.3, -0.25) is 0 Å². The Bertz CT molecular complexity index is 371. The molecular formula is C13H21N3S. The Morgan fingerprint density at radius 2 is 1.94 bits per heavy atom. The molecule has 0 saturated heterocycles. The van der Waals surface area contributed by atoms with Crippen LogP contribution in [-0.2, 0) is 6.42 Å². The van der Waals surface area contributed by atoms with Crippen molar-refractivity contribution in [2.24, 2.45) is 10.7 Å². The van der Waals surface area contributed by atoms with Gasteiger partial charge < -0.3 is 10.6 Å². The topological polar surface area (TPSA) is 41.6 Å². The van der Waals surface area contributed by atoms with Crippen molar-refractivity contribution in [3.8, 4) is 0 Å². The third-order valence-corrected chi connectivity index (χ3v) is 3.24. The normalized spacial score (nSPS) is 13.5. The quantitative estimate of drug-likeness (QED) is 0.507. The average molecular weight is 251 g/mol. The highest BCUT2D eigenvalue weighted by atomic mass is 32.2. The van der Waals surface area contributed by atoms with Gasteiger partial charge in [0, 0.05) is 19.0 Å². The Morgan fingerprint density at radius 3 is 2.41 bits per heavy atom. The highest BCUT2D eigenvalue weighted by Gasteiger charge is 2.04. The van der Waals surface area contributed by atoms with E-state index >= 15 is 0 Å². The lowest BCUT2D eigenvalue weighted by Crippen LogP contribution is -2.31. The van der Waals surface area contributed by atoms with Crippen LogP contribution in [0.25, 0.3) is 0 Å². The van der Waals surface area contributed by atoms with Crippen LogP contribution in [0.1, 0.15) is 12.5 Å². The average Bonchev–Trinajstić information content (AvgIpc) is 2.29. The maximum atomic E-state index is 5.79. The molecule has 2 N–H and O–H groups in total. The van der Waals surface area contributed by atoms with Crippen LogP contribution in [0.2, 0.25) is 0 Å². The molecule has 0 aromatic heterocycles. The first-order chi connectivity index (χ1) is 8.02. The summed E-state index contributed by atoms with van der Waals surface area (Å²) in [5.74, 6) is 0.582. The van der Waals surface area contributed by atoms with E-state index in [0.29, 0.717) is 5.96 Å². The van der Waals surface area contributed by atoms with Crippen LogP contribution in [0, 0.1) is 0 Å². The molecule has 0 aliphatic rings. The largest absolute Gasteiger partial charge is 0.370 e. The van der Waals surface area contributed by atoms with Gasteiger partial charge in [-0.15, -0.1) is 11.8 Å². The van der Waals surface area contributed by atoms with Gasteiger partial charge in [0.2, 0.25) is 0 Å². The molecule has 4 heteroatoms. The fraction of sp³-hybridized carbons (Fsp3) is 0.462. The molecule has 0 saturated carbocycles. The summed E-state index contributed by atoms with van der Waals surface area (Å²) in [6.45, 7) is 2.08. The maximum absolute atomic E-state index is 5.79. The molecule has 0 aliphatic carbocycles. The Kier molecular flexibility index (Phi) is 5.35. The molecule has 17 heavy (non-hydrogen) atoms. The van der Waals surface area contributed by atoms with Crippen LogP contribution in [0.3, 0.4) is 0 Å². The molecule has 0 heterocycles. The van der Waals surface area contributed by atoms with Crippen molar-refractivity contribution in [1.29, 1.82) is 0 Å². The molecule has 1 aromatic carbocycles. The predicted octanol–water partition coefficient (Wildman–Crippen LogP) is 2.22. The third kappa shape index (κ3) is 4.69. The van der Waals surface area contributed by atoms with Crippen LogP contribution >= 0.6 is 11.8 Å². The molecule has 0 amide bonds. The van der Waals surface area contributed by atoms with Crippen molar-refractivity contribution in [3.05, 3.63) is 29.8 Å². The Hall–Kier alpha value is -1.16. The Balaban J connectivity index is 2.61. The molecule has 3 nitrogen and oxygen atoms in total. The fourth-order valence-corrected chi connectivity index (χ4v) is 1.90. The van der Waals surface area contributed by atoms with Gasteiger partial charge in [-0.05, 0) is 37.3 Å². The fourth-order valence-electron chi connectivity index (χ4n) is 1.49. The van der Waals surface area contributed by atoms with E-state index in [9.17, 15) is 0 Å². The number of aliphatic imine (C=N–C) groups is 1. The molecule has 0 spiro atoms. The highest BCUT2D eigenvalue weighted by Crippen LogP contribution is 2.16. The predicted molar refractivity (Wildman–Crippen MR) is 76.7 cm³/mol.